The van der Waals surface area contributed by atoms with Crippen LogP contribution in [0.1, 0.15) is 0 Å². The number of carbonyl (C=O) groups is 1. The molecular weight excluding hydrogens is 419 g/mol. The van der Waals surface area contributed by atoms with E-state index in [1.807, 2.05) is 0 Å². The number of benzene rings is 2. The summed E-state index contributed by atoms with van der Waals surface area (Å²) in [6.45, 7) is 0. The maximum atomic E-state index is 13.2. The minimum absolute atomic E-state index is 0.290. The molecule has 0 saturated carbocycles. The molecule has 8 nitrogen and oxygen atoms in total. The summed E-state index contributed by atoms with van der Waals surface area (Å²) >= 11 is 1.08. The Hall–Kier alpha value is -3.18. The average molecular weight is 436 g/mol. The lowest BCUT2D eigenvalue weighted by Gasteiger charge is -2.18. The Bertz CT molecular complexity index is 1130. The van der Waals surface area contributed by atoms with Crippen molar-refractivity contribution in [2.75, 3.05) is 28.2 Å². The number of urea groups is 1. The molecule has 0 atom stereocenters. The second-order valence-corrected chi connectivity index (χ2v) is 8.70. The van der Waals surface area contributed by atoms with Gasteiger partial charge in [0.25, 0.3) is 0 Å². The summed E-state index contributed by atoms with van der Waals surface area (Å²) in [5, 5.41) is 3.30. The molecule has 0 saturated heterocycles. The maximum Gasteiger partial charge on any atom is 0.327 e. The molecule has 0 aliphatic carbocycles. The van der Waals surface area contributed by atoms with Crippen LogP contribution in [0.2, 0.25) is 0 Å². The fourth-order valence-electron chi connectivity index (χ4n) is 2.30. The number of anilines is 3. The maximum absolute atomic E-state index is 13.2. The van der Waals surface area contributed by atoms with Crippen LogP contribution in [-0.2, 0) is 10.0 Å². The number of aromatic nitrogens is 1. The second kappa shape index (κ2) is 8.45. The van der Waals surface area contributed by atoms with Crippen molar-refractivity contribution >= 4 is 43.9 Å². The number of rotatable bonds is 6. The zero-order chi connectivity index (χ0) is 21.0. The lowest BCUT2D eigenvalue weighted by Crippen LogP contribution is -2.31. The quantitative estimate of drug-likeness (QED) is 0.606. The predicted molar refractivity (Wildman–Crippen MR) is 111 cm³/mol. The van der Waals surface area contributed by atoms with Crippen LogP contribution in [-0.4, -0.2) is 32.7 Å². The summed E-state index contributed by atoms with van der Waals surface area (Å²) in [5.74, 6) is -0.103. The van der Waals surface area contributed by atoms with E-state index < -0.39 is 21.9 Å². The van der Waals surface area contributed by atoms with Crippen LogP contribution in [0, 0.1) is 5.82 Å². The van der Waals surface area contributed by atoms with Gasteiger partial charge in [-0.05, 0) is 30.3 Å². The molecule has 3 rings (SSSR count). The highest BCUT2D eigenvalue weighted by Gasteiger charge is 2.15. The highest BCUT2D eigenvalue weighted by Crippen LogP contribution is 2.31. The number of hydrogen-bond donors (Lipinski definition) is 2. The third-order valence-corrected chi connectivity index (χ3v) is 4.95. The standard InChI is InChI=1S/C18H17FN4O4S2/c1-23(14-7-4-6-13(10-14)22-29(2,25)26)18(24)21-17-20-11-16(28-17)27-15-8-3-5-12(19)9-15/h3-11,22H,1-2H3,(H,20,21,24). The molecule has 2 amide bonds. The molecule has 0 aliphatic heterocycles. The molecular formula is C18H17FN4O4S2. The van der Waals surface area contributed by atoms with E-state index in [0.717, 1.165) is 17.6 Å². The molecule has 2 N–H and O–H groups in total. The zero-order valence-electron chi connectivity index (χ0n) is 15.4. The molecule has 152 valence electrons. The second-order valence-electron chi connectivity index (χ2n) is 5.96. The normalized spacial score (nSPS) is 11.0. The molecule has 29 heavy (non-hydrogen) atoms. The van der Waals surface area contributed by atoms with Gasteiger partial charge in [-0.15, -0.1) is 0 Å². The van der Waals surface area contributed by atoms with Crippen molar-refractivity contribution in [2.45, 2.75) is 0 Å². The SMILES string of the molecule is CN(C(=O)Nc1ncc(Oc2cccc(F)c2)s1)c1cccc(NS(C)(=O)=O)c1. The first kappa shape index (κ1) is 20.6. The topological polar surface area (TPSA) is 101 Å². The monoisotopic (exact) mass is 436 g/mol. The van der Waals surface area contributed by atoms with E-state index in [2.05, 4.69) is 15.0 Å². The van der Waals surface area contributed by atoms with Crippen molar-refractivity contribution in [1.29, 1.82) is 0 Å². The van der Waals surface area contributed by atoms with Crippen LogP contribution >= 0.6 is 11.3 Å². The Labute approximate surface area is 171 Å². The Kier molecular flexibility index (Phi) is 5.99. The number of hydrogen-bond acceptors (Lipinski definition) is 6. The van der Waals surface area contributed by atoms with Crippen LogP contribution < -0.4 is 19.7 Å². The summed E-state index contributed by atoms with van der Waals surface area (Å²) in [6.07, 6.45) is 2.46. The van der Waals surface area contributed by atoms with E-state index in [1.54, 1.807) is 24.3 Å². The number of halogens is 1. The van der Waals surface area contributed by atoms with Crippen molar-refractivity contribution in [3.8, 4) is 10.8 Å². The van der Waals surface area contributed by atoms with Crippen molar-refractivity contribution in [2.24, 2.45) is 0 Å². The number of carbonyl (C=O) groups excluding carboxylic acids is 1. The van der Waals surface area contributed by atoms with E-state index in [0.29, 0.717) is 27.3 Å². The molecule has 0 bridgehead atoms. The third kappa shape index (κ3) is 5.90. The minimum atomic E-state index is -3.43. The molecule has 0 unspecified atom stereocenters. The first-order valence-corrected chi connectivity index (χ1v) is 10.9. The highest BCUT2D eigenvalue weighted by atomic mass is 32.2. The molecule has 1 heterocycles. The molecule has 3 aromatic rings. The number of nitrogens with zero attached hydrogens (tertiary/aromatic N) is 2. The summed E-state index contributed by atoms with van der Waals surface area (Å²) in [6, 6.07) is 11.6. The molecule has 0 fully saturated rings. The molecule has 11 heteroatoms. The van der Waals surface area contributed by atoms with Crippen LogP contribution in [0.4, 0.5) is 25.7 Å². The Morgan fingerprint density at radius 3 is 2.69 bits per heavy atom. The van der Waals surface area contributed by atoms with Gasteiger partial charge in [0.1, 0.15) is 11.6 Å². The fourth-order valence-corrected chi connectivity index (χ4v) is 3.53. The summed E-state index contributed by atoms with van der Waals surface area (Å²) < 4.78 is 43.8. The lowest BCUT2D eigenvalue weighted by atomic mass is 10.2. The zero-order valence-corrected chi connectivity index (χ0v) is 17.1. The first-order chi connectivity index (χ1) is 13.7. The van der Waals surface area contributed by atoms with Gasteiger partial charge in [-0.2, -0.15) is 0 Å². The van der Waals surface area contributed by atoms with E-state index in [9.17, 15) is 17.6 Å². The van der Waals surface area contributed by atoms with Gasteiger partial charge in [0.05, 0.1) is 18.1 Å². The van der Waals surface area contributed by atoms with Gasteiger partial charge in [0, 0.05) is 18.8 Å². The van der Waals surface area contributed by atoms with Crippen molar-refractivity contribution < 1.29 is 22.3 Å². The van der Waals surface area contributed by atoms with E-state index in [1.165, 1.54) is 42.4 Å². The summed E-state index contributed by atoms with van der Waals surface area (Å²) in [7, 11) is -1.89. The van der Waals surface area contributed by atoms with Gasteiger partial charge in [-0.25, -0.2) is 22.6 Å². The number of amides is 2. The summed E-state index contributed by atoms with van der Waals surface area (Å²) in [4.78, 5) is 17.8. The van der Waals surface area contributed by atoms with E-state index in [4.69, 9.17) is 4.74 Å². The van der Waals surface area contributed by atoms with Crippen molar-refractivity contribution in [3.05, 3.63) is 60.5 Å². The third-order valence-electron chi connectivity index (χ3n) is 3.55. The molecule has 2 aromatic carbocycles. The van der Waals surface area contributed by atoms with Gasteiger partial charge in [0.2, 0.25) is 15.1 Å². The largest absolute Gasteiger partial charge is 0.445 e. The van der Waals surface area contributed by atoms with Crippen LogP contribution in [0.15, 0.2) is 54.7 Å². The number of nitrogens with one attached hydrogen (secondary N) is 2. The lowest BCUT2D eigenvalue weighted by molar-refractivity contribution is 0.258. The summed E-state index contributed by atoms with van der Waals surface area (Å²) in [5.41, 5.74) is 0.814. The highest BCUT2D eigenvalue weighted by molar-refractivity contribution is 7.92. The van der Waals surface area contributed by atoms with Crippen molar-refractivity contribution in [3.63, 3.8) is 0 Å². The van der Waals surface area contributed by atoms with Crippen LogP contribution in [0.5, 0.6) is 10.8 Å². The molecule has 0 spiro atoms. The minimum Gasteiger partial charge on any atom is -0.445 e. The van der Waals surface area contributed by atoms with Crippen LogP contribution in [0.25, 0.3) is 0 Å². The molecule has 0 aliphatic rings. The number of ether oxygens (including phenoxy) is 1. The number of thiazole rings is 1. The average Bonchev–Trinajstić information content (AvgIpc) is 3.06. The van der Waals surface area contributed by atoms with Gasteiger partial charge in [-0.3, -0.25) is 14.9 Å². The molecule has 0 radical (unpaired) electrons. The van der Waals surface area contributed by atoms with Gasteiger partial charge in [-0.1, -0.05) is 23.5 Å². The van der Waals surface area contributed by atoms with E-state index >= 15 is 0 Å². The van der Waals surface area contributed by atoms with E-state index in [-0.39, 0.29) is 0 Å². The van der Waals surface area contributed by atoms with Gasteiger partial charge in [0.15, 0.2) is 5.13 Å². The Balaban J connectivity index is 1.66. The van der Waals surface area contributed by atoms with Crippen molar-refractivity contribution in [1.82, 2.24) is 4.98 Å². The Morgan fingerprint density at radius 2 is 1.97 bits per heavy atom. The Morgan fingerprint density at radius 1 is 1.21 bits per heavy atom. The van der Waals surface area contributed by atoms with Gasteiger partial charge >= 0.3 is 6.03 Å². The molecule has 1 aromatic heterocycles. The fraction of sp³-hybridized carbons (Fsp3) is 0.111. The number of sulfonamides is 1. The smallest absolute Gasteiger partial charge is 0.327 e. The van der Waals surface area contributed by atoms with Crippen LogP contribution in [0.3, 0.4) is 0 Å². The first-order valence-electron chi connectivity index (χ1n) is 8.21. The predicted octanol–water partition coefficient (Wildman–Crippen LogP) is 4.11. The van der Waals surface area contributed by atoms with Gasteiger partial charge < -0.3 is 4.74 Å².